The van der Waals surface area contributed by atoms with Crippen molar-refractivity contribution in [3.63, 3.8) is 0 Å². The Bertz CT molecular complexity index is 1060. The van der Waals surface area contributed by atoms with Gasteiger partial charge in [0.25, 0.3) is 0 Å². The summed E-state index contributed by atoms with van der Waals surface area (Å²) in [5, 5.41) is 0.598. The van der Waals surface area contributed by atoms with Gasteiger partial charge in [-0.15, -0.1) is 0 Å². The number of carbonyl (C=O) groups excluding carboxylic acids is 1. The molecule has 0 radical (unpaired) electrons. The smallest absolute Gasteiger partial charge is 0.0742 e. The van der Waals surface area contributed by atoms with Crippen LogP contribution in [-0.2, 0) is 4.74 Å². The maximum absolute atomic E-state index is 12.0. The van der Waals surface area contributed by atoms with Crippen LogP contribution in [0.2, 0.25) is 0 Å². The first-order valence-electron chi connectivity index (χ1n) is 12.2. The minimum Gasteiger partial charge on any atom is -0.336 e. The molecule has 0 atom stereocenters. The van der Waals surface area contributed by atoms with E-state index in [0.29, 0.717) is 40.4 Å². The molecule has 0 unspecified atom stereocenters. The number of benzene rings is 3. The molecule has 3 aromatic carbocycles. The molecular formula is C27H33NO6Si. The van der Waals surface area contributed by atoms with Crippen molar-refractivity contribution in [3.05, 3.63) is 78.4 Å². The second-order valence-corrected chi connectivity index (χ2v) is 11.5. The summed E-state index contributed by atoms with van der Waals surface area (Å²) in [7, 11) is -4.55. The van der Waals surface area contributed by atoms with Crippen LogP contribution in [0.1, 0.15) is 38.1 Å². The molecule has 2 heterocycles. The molecule has 1 spiro atoms. The Balaban J connectivity index is 0.000000364. The average Bonchev–Trinajstić information content (AvgIpc) is 3.40. The molecule has 0 amide bonds. The van der Waals surface area contributed by atoms with Gasteiger partial charge in [-0.05, 0) is 20.8 Å². The fourth-order valence-corrected chi connectivity index (χ4v) is 7.82. The number of ether oxygens (including phenoxy) is 1. The Kier molecular flexibility index (Phi) is 7.04. The number of para-hydroxylation sites is 4. The third kappa shape index (κ3) is 4.59. The first-order chi connectivity index (χ1) is 17.0. The van der Waals surface area contributed by atoms with Crippen LogP contribution in [0, 0.1) is 0 Å². The summed E-state index contributed by atoms with van der Waals surface area (Å²) < 4.78 is 30.4. The van der Waals surface area contributed by atoms with Crippen LogP contribution in [0.25, 0.3) is 0 Å². The van der Waals surface area contributed by atoms with Crippen molar-refractivity contribution >= 4 is 19.5 Å². The van der Waals surface area contributed by atoms with Crippen molar-refractivity contribution in [1.29, 1.82) is 0 Å². The van der Waals surface area contributed by atoms with Gasteiger partial charge in [-0.1, -0.05) is 0 Å². The summed E-state index contributed by atoms with van der Waals surface area (Å²) in [6, 6.07) is 21.5. The van der Waals surface area contributed by atoms with E-state index in [1.165, 1.54) is 19.6 Å². The van der Waals surface area contributed by atoms with Gasteiger partial charge in [-0.3, -0.25) is 0 Å². The molecular weight excluding hydrogens is 462 g/mol. The molecule has 186 valence electrons. The molecule has 2 aliphatic rings. The van der Waals surface area contributed by atoms with E-state index in [9.17, 15) is 4.79 Å². The Morgan fingerprint density at radius 3 is 1.40 bits per heavy atom. The minimum absolute atomic E-state index is 0.310. The quantitative estimate of drug-likeness (QED) is 0.418. The van der Waals surface area contributed by atoms with E-state index in [1.54, 1.807) is 36.1 Å². The third-order valence-corrected chi connectivity index (χ3v) is 9.77. The van der Waals surface area contributed by atoms with Crippen molar-refractivity contribution in [3.8, 4) is 23.0 Å². The number of hydrogen-bond acceptors (Lipinski definition) is 6. The zero-order valence-electron chi connectivity index (χ0n) is 20.7. The molecule has 8 heteroatoms. The van der Waals surface area contributed by atoms with Crippen molar-refractivity contribution < 1.29 is 32.1 Å². The fourth-order valence-electron chi connectivity index (χ4n) is 4.20. The second kappa shape index (κ2) is 10.0. The molecule has 1 N–H and O–H groups in total. The van der Waals surface area contributed by atoms with Crippen LogP contribution < -0.4 is 27.8 Å². The van der Waals surface area contributed by atoms with Gasteiger partial charge < -0.3 is 4.90 Å². The molecule has 0 saturated carbocycles. The van der Waals surface area contributed by atoms with Gasteiger partial charge in [0.15, 0.2) is 0 Å². The summed E-state index contributed by atoms with van der Waals surface area (Å²) in [5.74, 6) is 1.82. The minimum atomic E-state index is -4.55. The molecule has 5 rings (SSSR count). The fraction of sp³-hybridized carbons (Fsp3) is 0.296. The van der Waals surface area contributed by atoms with Crippen LogP contribution in [0.15, 0.2) is 72.8 Å². The van der Waals surface area contributed by atoms with Gasteiger partial charge in [-0.25, -0.2) is 0 Å². The number of fused-ring (bicyclic) bond motifs is 2. The molecule has 2 aliphatic heterocycles. The van der Waals surface area contributed by atoms with E-state index >= 15 is 0 Å². The first kappa shape index (κ1) is 24.6. The Morgan fingerprint density at radius 1 is 0.686 bits per heavy atom. The van der Waals surface area contributed by atoms with Gasteiger partial charge >= 0.3 is 162 Å². The van der Waals surface area contributed by atoms with Gasteiger partial charge in [0.2, 0.25) is 0 Å². The van der Waals surface area contributed by atoms with E-state index < -0.39 is 14.3 Å². The standard InChI is InChI=1S/C21H17O6Si.C6H15N/c1-2-23-21(22)15-11-13-16(14-12-15)28(24-17-7-3-4-8-18(17)25-28)26-19-9-5-6-10-20(19)27-28;1-4-7(5-2)6-3/h3-14H,2H2,1H3;4-6H2,1-3H3/q-1;/p+1. The number of carbonyl (C=O) groups is 1. The van der Waals surface area contributed by atoms with Crippen molar-refractivity contribution in [2.45, 2.75) is 27.7 Å². The van der Waals surface area contributed by atoms with E-state index in [-0.39, 0.29) is 0 Å². The third-order valence-electron chi connectivity index (χ3n) is 6.21. The molecule has 0 saturated heterocycles. The number of nitrogens with one attached hydrogen (secondary N) is 1. The zero-order chi connectivity index (χ0) is 24.9. The van der Waals surface area contributed by atoms with Crippen molar-refractivity contribution in [1.82, 2.24) is 0 Å². The molecule has 0 bridgehead atoms. The first-order valence-corrected chi connectivity index (χ1v) is 14.3. The summed E-state index contributed by atoms with van der Waals surface area (Å²) in [4.78, 5) is 13.7. The van der Waals surface area contributed by atoms with E-state index in [2.05, 4.69) is 20.8 Å². The van der Waals surface area contributed by atoms with Gasteiger partial charge in [-0.2, -0.15) is 0 Å². The molecule has 0 fully saturated rings. The summed E-state index contributed by atoms with van der Waals surface area (Å²) >= 11 is 0. The van der Waals surface area contributed by atoms with E-state index in [4.69, 9.17) is 22.4 Å². The van der Waals surface area contributed by atoms with Crippen LogP contribution >= 0.6 is 0 Å². The molecule has 3 aromatic rings. The van der Waals surface area contributed by atoms with Crippen molar-refractivity contribution in [2.75, 3.05) is 26.2 Å². The predicted octanol–water partition coefficient (Wildman–Crippen LogP) is 3.33. The Morgan fingerprint density at radius 2 is 1.09 bits per heavy atom. The van der Waals surface area contributed by atoms with Gasteiger partial charge in [0.1, 0.15) is 0 Å². The number of hydrogen-bond donors (Lipinski definition) is 1. The summed E-state index contributed by atoms with van der Waals surface area (Å²) in [6.07, 6.45) is 0. The topological polar surface area (TPSA) is 67.7 Å². The van der Waals surface area contributed by atoms with Crippen LogP contribution in [-0.4, -0.2) is 40.5 Å². The maximum Gasteiger partial charge on any atom is 0.0742 e. The zero-order valence-corrected chi connectivity index (χ0v) is 21.7. The second-order valence-electron chi connectivity index (χ2n) is 8.32. The SMILES string of the molecule is CCOC(=O)c1ccc([Si-]23(Oc4ccccc4O2)Oc2ccccc2O3)cc1.CC[NH+](CC)CC. The number of rotatable bonds is 6. The summed E-state index contributed by atoms with van der Waals surface area (Å²) in [5.41, 5.74) is 0.430. The summed E-state index contributed by atoms with van der Waals surface area (Å²) in [6.45, 7) is 12.6. The Hall–Kier alpha value is -3.49. The molecule has 0 aliphatic carbocycles. The van der Waals surface area contributed by atoms with Gasteiger partial charge in [0.05, 0.1) is 19.6 Å². The number of esters is 1. The molecule has 7 nitrogen and oxygen atoms in total. The van der Waals surface area contributed by atoms with Crippen LogP contribution in [0.3, 0.4) is 0 Å². The van der Waals surface area contributed by atoms with Crippen LogP contribution in [0.5, 0.6) is 23.0 Å². The number of quaternary nitrogens is 1. The molecule has 35 heavy (non-hydrogen) atoms. The van der Waals surface area contributed by atoms with Crippen LogP contribution in [0.4, 0.5) is 0 Å². The monoisotopic (exact) mass is 495 g/mol. The largest absolute Gasteiger partial charge is 0.336 e. The predicted molar refractivity (Wildman–Crippen MR) is 136 cm³/mol. The van der Waals surface area contributed by atoms with E-state index in [1.807, 2.05) is 48.5 Å². The average molecular weight is 496 g/mol. The molecule has 0 aromatic heterocycles. The Labute approximate surface area is 207 Å². The van der Waals surface area contributed by atoms with Crippen molar-refractivity contribution in [2.24, 2.45) is 0 Å². The normalized spacial score (nSPS) is 16.7. The maximum atomic E-state index is 12.0. The van der Waals surface area contributed by atoms with E-state index in [0.717, 1.165) is 0 Å². The van der Waals surface area contributed by atoms with Gasteiger partial charge in [0, 0.05) is 0 Å².